The zero-order valence-electron chi connectivity index (χ0n) is 14.6. The number of carbonyl (C=O) groups is 1. The van der Waals surface area contributed by atoms with E-state index in [-0.39, 0.29) is 12.0 Å². The van der Waals surface area contributed by atoms with Crippen molar-refractivity contribution in [2.24, 2.45) is 0 Å². The molecule has 1 aromatic heterocycles. The predicted molar refractivity (Wildman–Crippen MR) is 102 cm³/mol. The topological polar surface area (TPSA) is 45.7 Å². The molecule has 26 heavy (non-hydrogen) atoms. The first-order valence-corrected chi connectivity index (χ1v) is 9.46. The summed E-state index contributed by atoms with van der Waals surface area (Å²) in [5.41, 5.74) is 1.81. The maximum absolute atomic E-state index is 12.6. The van der Waals surface area contributed by atoms with Crippen LogP contribution < -0.4 is 4.90 Å². The summed E-state index contributed by atoms with van der Waals surface area (Å²) >= 11 is 5.98. The monoisotopic (exact) mass is 371 g/mol. The lowest BCUT2D eigenvalue weighted by Crippen LogP contribution is -2.39. The van der Waals surface area contributed by atoms with Gasteiger partial charge < -0.3 is 14.5 Å². The Balaban J connectivity index is 1.50. The van der Waals surface area contributed by atoms with Crippen molar-refractivity contribution in [3.8, 4) is 0 Å². The third-order valence-electron chi connectivity index (χ3n) is 5.02. The minimum atomic E-state index is -0.0271. The summed E-state index contributed by atoms with van der Waals surface area (Å²) in [6.07, 6.45) is 3.89. The molecule has 4 rings (SSSR count). The number of aromatic nitrogens is 1. The van der Waals surface area contributed by atoms with Gasteiger partial charge in [-0.25, -0.2) is 4.98 Å². The van der Waals surface area contributed by atoms with Crippen LogP contribution in [0, 0.1) is 0 Å². The van der Waals surface area contributed by atoms with Gasteiger partial charge in [0.2, 0.25) is 0 Å². The number of anilines is 1. The molecule has 2 aliphatic rings. The van der Waals surface area contributed by atoms with Gasteiger partial charge >= 0.3 is 0 Å². The number of likely N-dealkylation sites (tertiary alicyclic amines) is 1. The highest BCUT2D eigenvalue weighted by atomic mass is 35.5. The minimum absolute atomic E-state index is 0.0271. The molecule has 0 N–H and O–H groups in total. The van der Waals surface area contributed by atoms with Crippen LogP contribution in [0.1, 0.15) is 34.9 Å². The molecule has 5 nitrogen and oxygen atoms in total. The average molecular weight is 372 g/mol. The van der Waals surface area contributed by atoms with E-state index in [9.17, 15) is 4.79 Å². The van der Waals surface area contributed by atoms with Crippen LogP contribution in [0.2, 0.25) is 5.02 Å². The van der Waals surface area contributed by atoms with Gasteiger partial charge in [0, 0.05) is 43.0 Å². The molecular formula is C20H22ClN3O2. The van der Waals surface area contributed by atoms with Gasteiger partial charge in [0.1, 0.15) is 11.9 Å². The summed E-state index contributed by atoms with van der Waals surface area (Å²) in [7, 11) is 0. The molecule has 2 saturated heterocycles. The Labute approximate surface area is 158 Å². The van der Waals surface area contributed by atoms with Gasteiger partial charge in [0.15, 0.2) is 0 Å². The Morgan fingerprint density at radius 2 is 1.88 bits per heavy atom. The average Bonchev–Trinajstić information content (AvgIpc) is 3.23. The number of amides is 1. The van der Waals surface area contributed by atoms with Gasteiger partial charge in [0.05, 0.1) is 6.61 Å². The Morgan fingerprint density at radius 1 is 1.12 bits per heavy atom. The maximum Gasteiger partial charge on any atom is 0.254 e. The molecule has 6 heteroatoms. The van der Waals surface area contributed by atoms with Crippen LogP contribution in [0.3, 0.4) is 0 Å². The molecule has 0 aliphatic carbocycles. The molecule has 3 heterocycles. The van der Waals surface area contributed by atoms with Gasteiger partial charge in [-0.3, -0.25) is 4.79 Å². The highest BCUT2D eigenvalue weighted by Crippen LogP contribution is 2.26. The molecule has 0 bridgehead atoms. The lowest BCUT2D eigenvalue weighted by atomic mass is 10.1. The van der Waals surface area contributed by atoms with E-state index in [1.54, 1.807) is 12.3 Å². The van der Waals surface area contributed by atoms with E-state index in [2.05, 4.69) is 9.88 Å². The van der Waals surface area contributed by atoms with Gasteiger partial charge in [-0.2, -0.15) is 0 Å². The first kappa shape index (κ1) is 17.3. The molecule has 1 atom stereocenters. The van der Waals surface area contributed by atoms with Gasteiger partial charge in [0.25, 0.3) is 5.91 Å². The van der Waals surface area contributed by atoms with Crippen LogP contribution in [0.5, 0.6) is 0 Å². The van der Waals surface area contributed by atoms with Gasteiger partial charge in [-0.05, 0) is 42.7 Å². The van der Waals surface area contributed by atoms with Crippen LogP contribution in [-0.2, 0) is 4.74 Å². The Bertz CT molecular complexity index is 775. The predicted octanol–water partition coefficient (Wildman–Crippen LogP) is 3.55. The molecule has 2 aromatic rings. The SMILES string of the molecule is O=C(c1ccnc(N2CCO[C@@H](c3ccc(Cl)cc3)C2)c1)N1CCCC1. The summed E-state index contributed by atoms with van der Waals surface area (Å²) in [4.78, 5) is 21.2. The minimum Gasteiger partial charge on any atom is -0.370 e. The number of nitrogens with zero attached hydrogens (tertiary/aromatic N) is 3. The van der Waals surface area contributed by atoms with Crippen LogP contribution in [0.25, 0.3) is 0 Å². The number of ether oxygens (including phenoxy) is 1. The molecule has 1 amide bonds. The maximum atomic E-state index is 12.6. The first-order valence-electron chi connectivity index (χ1n) is 9.08. The summed E-state index contributed by atoms with van der Waals surface area (Å²) < 4.78 is 5.93. The third kappa shape index (κ3) is 3.69. The van der Waals surface area contributed by atoms with Crippen molar-refractivity contribution in [3.05, 3.63) is 58.7 Å². The fourth-order valence-electron chi connectivity index (χ4n) is 3.56. The number of morpholine rings is 1. The van der Waals surface area contributed by atoms with E-state index in [1.165, 1.54) is 0 Å². The van der Waals surface area contributed by atoms with E-state index in [0.29, 0.717) is 18.7 Å². The molecule has 0 unspecified atom stereocenters. The normalized spacial score (nSPS) is 20.4. The Kier molecular flexibility index (Phi) is 5.09. The van der Waals surface area contributed by atoms with E-state index in [0.717, 1.165) is 48.9 Å². The van der Waals surface area contributed by atoms with Crippen LogP contribution >= 0.6 is 11.6 Å². The van der Waals surface area contributed by atoms with Crippen molar-refractivity contribution >= 4 is 23.3 Å². The Hall–Kier alpha value is -2.11. The number of rotatable bonds is 3. The number of hydrogen-bond acceptors (Lipinski definition) is 4. The van der Waals surface area contributed by atoms with Gasteiger partial charge in [-0.15, -0.1) is 0 Å². The number of benzene rings is 1. The smallest absolute Gasteiger partial charge is 0.254 e. The number of carbonyl (C=O) groups excluding carboxylic acids is 1. The summed E-state index contributed by atoms with van der Waals surface area (Å²) in [6.45, 7) is 3.80. The fourth-order valence-corrected chi connectivity index (χ4v) is 3.69. The quantitative estimate of drug-likeness (QED) is 0.827. The molecule has 0 saturated carbocycles. The second-order valence-electron chi connectivity index (χ2n) is 6.76. The third-order valence-corrected chi connectivity index (χ3v) is 5.27. The first-order chi connectivity index (χ1) is 12.7. The standard InChI is InChI=1S/C20H22ClN3O2/c21-17-5-3-15(4-6-17)18-14-24(11-12-26-18)19-13-16(7-8-22-19)20(25)23-9-1-2-10-23/h3-8,13,18H,1-2,9-12,14H2/t18-/m1/s1. The molecule has 136 valence electrons. The second kappa shape index (κ2) is 7.64. The summed E-state index contributed by atoms with van der Waals surface area (Å²) in [5, 5.41) is 0.719. The molecule has 1 aromatic carbocycles. The van der Waals surface area contributed by atoms with Crippen molar-refractivity contribution in [1.29, 1.82) is 0 Å². The fraction of sp³-hybridized carbons (Fsp3) is 0.400. The molecular weight excluding hydrogens is 350 g/mol. The van der Waals surface area contributed by atoms with Crippen LogP contribution in [0.4, 0.5) is 5.82 Å². The van der Waals surface area contributed by atoms with Crippen LogP contribution in [-0.4, -0.2) is 48.6 Å². The molecule has 2 aliphatic heterocycles. The Morgan fingerprint density at radius 3 is 2.65 bits per heavy atom. The zero-order chi connectivity index (χ0) is 17.9. The van der Waals surface area contributed by atoms with Crippen molar-refractivity contribution in [2.45, 2.75) is 18.9 Å². The largest absolute Gasteiger partial charge is 0.370 e. The van der Waals surface area contributed by atoms with E-state index in [4.69, 9.17) is 16.3 Å². The van der Waals surface area contributed by atoms with Crippen molar-refractivity contribution in [1.82, 2.24) is 9.88 Å². The molecule has 0 radical (unpaired) electrons. The summed E-state index contributed by atoms with van der Waals surface area (Å²) in [5.74, 6) is 0.936. The van der Waals surface area contributed by atoms with Crippen molar-refractivity contribution < 1.29 is 9.53 Å². The highest BCUT2D eigenvalue weighted by Gasteiger charge is 2.25. The van der Waals surface area contributed by atoms with Crippen molar-refractivity contribution in [2.75, 3.05) is 37.7 Å². The number of hydrogen-bond donors (Lipinski definition) is 0. The van der Waals surface area contributed by atoms with Crippen molar-refractivity contribution in [3.63, 3.8) is 0 Å². The van der Waals surface area contributed by atoms with Crippen LogP contribution in [0.15, 0.2) is 42.6 Å². The number of pyridine rings is 1. The molecule has 0 spiro atoms. The summed E-state index contributed by atoms with van der Waals surface area (Å²) in [6, 6.07) is 11.5. The highest BCUT2D eigenvalue weighted by molar-refractivity contribution is 6.30. The van der Waals surface area contributed by atoms with E-state index in [1.807, 2.05) is 35.2 Å². The molecule has 2 fully saturated rings. The van der Waals surface area contributed by atoms with E-state index >= 15 is 0 Å². The lowest BCUT2D eigenvalue weighted by molar-refractivity contribution is 0.0395. The number of halogens is 1. The lowest BCUT2D eigenvalue weighted by Gasteiger charge is -2.34. The second-order valence-corrected chi connectivity index (χ2v) is 7.20. The van der Waals surface area contributed by atoms with Gasteiger partial charge in [-0.1, -0.05) is 23.7 Å². The zero-order valence-corrected chi connectivity index (χ0v) is 15.4. The van der Waals surface area contributed by atoms with E-state index < -0.39 is 0 Å².